The predicted molar refractivity (Wildman–Crippen MR) is 79.8 cm³/mol. The van der Waals surface area contributed by atoms with E-state index in [1.54, 1.807) is 6.20 Å². The van der Waals surface area contributed by atoms with Crippen molar-refractivity contribution in [1.82, 2.24) is 4.98 Å². The summed E-state index contributed by atoms with van der Waals surface area (Å²) in [6.45, 7) is 3.30. The van der Waals surface area contributed by atoms with Crippen molar-refractivity contribution in [1.29, 1.82) is 0 Å². The molecule has 0 bridgehead atoms. The highest BCUT2D eigenvalue weighted by Crippen LogP contribution is 2.40. The van der Waals surface area contributed by atoms with Crippen LogP contribution in [0.2, 0.25) is 0 Å². The van der Waals surface area contributed by atoms with Gasteiger partial charge in [0, 0.05) is 18.3 Å². The van der Waals surface area contributed by atoms with Crippen molar-refractivity contribution >= 4 is 23.0 Å². The van der Waals surface area contributed by atoms with Crippen LogP contribution in [0.1, 0.15) is 44.6 Å². The summed E-state index contributed by atoms with van der Waals surface area (Å²) in [4.78, 5) is 4.75. The number of nitrogens with two attached hydrogens (primary N) is 1. The second-order valence-electron chi connectivity index (χ2n) is 5.21. The molecule has 1 aliphatic rings. The molecule has 3 nitrogen and oxygen atoms in total. The first-order valence-electron chi connectivity index (χ1n) is 6.65. The minimum atomic E-state index is 0.398. The van der Waals surface area contributed by atoms with Gasteiger partial charge < -0.3 is 11.1 Å². The lowest BCUT2D eigenvalue weighted by Crippen LogP contribution is -2.26. The summed E-state index contributed by atoms with van der Waals surface area (Å²) in [6.07, 6.45) is 8.37. The van der Waals surface area contributed by atoms with Crippen LogP contribution in [0.3, 0.4) is 0 Å². The van der Waals surface area contributed by atoms with Crippen LogP contribution in [0.25, 0.3) is 0 Å². The fraction of sp³-hybridized carbons (Fsp3) is 0.571. The van der Waals surface area contributed by atoms with Crippen molar-refractivity contribution in [3.63, 3.8) is 0 Å². The van der Waals surface area contributed by atoms with E-state index in [9.17, 15) is 0 Å². The molecule has 18 heavy (non-hydrogen) atoms. The number of hydrogen-bond acceptors (Lipinski definition) is 3. The Morgan fingerprint density at radius 3 is 2.67 bits per heavy atom. The van der Waals surface area contributed by atoms with Gasteiger partial charge in [-0.2, -0.15) is 0 Å². The fourth-order valence-corrected chi connectivity index (χ4v) is 2.82. The molecule has 0 aromatic carbocycles. The minimum Gasteiger partial charge on any atom is -0.389 e. The molecule has 2 rings (SSSR count). The average molecular weight is 263 g/mol. The molecular weight excluding hydrogens is 242 g/mol. The zero-order valence-corrected chi connectivity index (χ0v) is 11.7. The van der Waals surface area contributed by atoms with E-state index in [2.05, 4.69) is 17.2 Å². The Bertz CT molecular complexity index is 408. The maximum absolute atomic E-state index is 5.55. The van der Waals surface area contributed by atoms with E-state index in [-0.39, 0.29) is 0 Å². The van der Waals surface area contributed by atoms with Crippen molar-refractivity contribution in [3.05, 3.63) is 23.9 Å². The van der Waals surface area contributed by atoms with Crippen molar-refractivity contribution in [2.75, 3.05) is 11.9 Å². The van der Waals surface area contributed by atoms with E-state index >= 15 is 0 Å². The monoisotopic (exact) mass is 263 g/mol. The molecule has 0 radical (unpaired) electrons. The van der Waals surface area contributed by atoms with Gasteiger partial charge in [-0.25, -0.2) is 4.98 Å². The summed E-state index contributed by atoms with van der Waals surface area (Å²) in [6, 6.07) is 3.87. The Kier molecular flexibility index (Phi) is 4.17. The third kappa shape index (κ3) is 2.99. The largest absolute Gasteiger partial charge is 0.389 e. The molecule has 98 valence electrons. The van der Waals surface area contributed by atoms with E-state index < -0.39 is 0 Å². The molecule has 0 amide bonds. The summed E-state index contributed by atoms with van der Waals surface area (Å²) in [7, 11) is 0. The van der Waals surface area contributed by atoms with E-state index in [0.717, 1.165) is 17.9 Å². The summed E-state index contributed by atoms with van der Waals surface area (Å²) < 4.78 is 0. The molecular formula is C14H21N3S. The normalized spacial score (nSPS) is 17.6. The standard InChI is InChI=1S/C14H21N3S/c1-2-14(7-3-4-8-14)10-17-12-6-5-11(9-16-12)13(15)18/h5-6,9H,2-4,7-8,10H2,1H3,(H2,15,18)(H,16,17). The van der Waals surface area contributed by atoms with Gasteiger partial charge in [0.25, 0.3) is 0 Å². The topological polar surface area (TPSA) is 50.9 Å². The molecule has 1 heterocycles. The van der Waals surface area contributed by atoms with Crippen LogP contribution in [0.5, 0.6) is 0 Å². The number of pyridine rings is 1. The third-order valence-corrected chi connectivity index (χ3v) is 4.34. The molecule has 1 fully saturated rings. The Hall–Kier alpha value is -1.16. The number of hydrogen-bond donors (Lipinski definition) is 2. The summed E-state index contributed by atoms with van der Waals surface area (Å²) in [5, 5.41) is 3.45. The highest BCUT2D eigenvalue weighted by atomic mass is 32.1. The van der Waals surface area contributed by atoms with Crippen LogP contribution in [0.15, 0.2) is 18.3 Å². The maximum Gasteiger partial charge on any atom is 0.125 e. The number of rotatable bonds is 5. The SMILES string of the molecule is CCC1(CNc2ccc(C(N)=S)cn2)CCCC1. The van der Waals surface area contributed by atoms with Crippen molar-refractivity contribution < 1.29 is 0 Å². The van der Waals surface area contributed by atoms with Crippen LogP contribution in [-0.2, 0) is 0 Å². The average Bonchev–Trinajstić information content (AvgIpc) is 2.86. The Morgan fingerprint density at radius 1 is 1.44 bits per heavy atom. The van der Waals surface area contributed by atoms with Gasteiger partial charge in [-0.3, -0.25) is 0 Å². The van der Waals surface area contributed by atoms with Gasteiger partial charge in [0.15, 0.2) is 0 Å². The zero-order valence-electron chi connectivity index (χ0n) is 10.9. The van der Waals surface area contributed by atoms with Crippen LogP contribution >= 0.6 is 12.2 Å². The van der Waals surface area contributed by atoms with Gasteiger partial charge >= 0.3 is 0 Å². The Balaban J connectivity index is 1.95. The first-order chi connectivity index (χ1) is 8.65. The highest BCUT2D eigenvalue weighted by molar-refractivity contribution is 7.80. The molecule has 0 spiro atoms. The molecule has 0 atom stereocenters. The van der Waals surface area contributed by atoms with E-state index in [1.165, 1.54) is 32.1 Å². The smallest absolute Gasteiger partial charge is 0.125 e. The van der Waals surface area contributed by atoms with Gasteiger partial charge in [0.05, 0.1) is 0 Å². The van der Waals surface area contributed by atoms with Gasteiger partial charge in [-0.15, -0.1) is 0 Å². The minimum absolute atomic E-state index is 0.398. The lowest BCUT2D eigenvalue weighted by molar-refractivity contribution is 0.306. The van der Waals surface area contributed by atoms with E-state index in [1.807, 2.05) is 12.1 Å². The predicted octanol–water partition coefficient (Wildman–Crippen LogP) is 3.10. The van der Waals surface area contributed by atoms with Crippen molar-refractivity contribution in [3.8, 4) is 0 Å². The molecule has 1 saturated carbocycles. The number of nitrogens with one attached hydrogen (secondary N) is 1. The second-order valence-corrected chi connectivity index (χ2v) is 5.65. The van der Waals surface area contributed by atoms with Crippen LogP contribution in [0, 0.1) is 5.41 Å². The number of anilines is 1. The molecule has 0 unspecified atom stereocenters. The maximum atomic E-state index is 5.55. The summed E-state index contributed by atoms with van der Waals surface area (Å²) in [5.74, 6) is 0.912. The van der Waals surface area contributed by atoms with Crippen LogP contribution < -0.4 is 11.1 Å². The van der Waals surface area contributed by atoms with Gasteiger partial charge in [0.1, 0.15) is 10.8 Å². The van der Waals surface area contributed by atoms with Crippen molar-refractivity contribution in [2.45, 2.75) is 39.0 Å². The molecule has 0 aliphatic heterocycles. The fourth-order valence-electron chi connectivity index (χ4n) is 2.70. The van der Waals surface area contributed by atoms with Crippen LogP contribution in [0.4, 0.5) is 5.82 Å². The summed E-state index contributed by atoms with van der Waals surface area (Å²) in [5.41, 5.74) is 6.85. The third-order valence-electron chi connectivity index (χ3n) is 4.11. The quantitative estimate of drug-likeness (QED) is 0.802. The first-order valence-corrected chi connectivity index (χ1v) is 7.06. The highest BCUT2D eigenvalue weighted by Gasteiger charge is 2.31. The van der Waals surface area contributed by atoms with Crippen LogP contribution in [-0.4, -0.2) is 16.5 Å². The molecule has 0 saturated heterocycles. The molecule has 4 heteroatoms. The molecule has 3 N–H and O–H groups in total. The Labute approximate surface area is 114 Å². The van der Waals surface area contributed by atoms with Gasteiger partial charge in [-0.05, 0) is 36.8 Å². The summed E-state index contributed by atoms with van der Waals surface area (Å²) >= 11 is 4.91. The number of aromatic nitrogens is 1. The molecule has 1 aromatic rings. The first kappa shape index (κ1) is 13.3. The lowest BCUT2D eigenvalue weighted by Gasteiger charge is -2.27. The van der Waals surface area contributed by atoms with E-state index in [4.69, 9.17) is 18.0 Å². The van der Waals surface area contributed by atoms with Gasteiger partial charge in [-0.1, -0.05) is 32.0 Å². The zero-order chi connectivity index (χ0) is 13.0. The second kappa shape index (κ2) is 5.65. The molecule has 1 aromatic heterocycles. The van der Waals surface area contributed by atoms with E-state index in [0.29, 0.717) is 10.4 Å². The van der Waals surface area contributed by atoms with Crippen molar-refractivity contribution in [2.24, 2.45) is 11.1 Å². The van der Waals surface area contributed by atoms with Gasteiger partial charge in [0.2, 0.25) is 0 Å². The number of thiocarbonyl (C=S) groups is 1. The number of nitrogens with zero attached hydrogens (tertiary/aromatic N) is 1. The lowest BCUT2D eigenvalue weighted by atomic mass is 9.83. The Morgan fingerprint density at radius 2 is 2.17 bits per heavy atom. The molecule has 1 aliphatic carbocycles.